The minimum atomic E-state index is -0.421. The summed E-state index contributed by atoms with van der Waals surface area (Å²) in [6, 6.07) is 3.25. The molecular weight excluding hydrogens is 242 g/mol. The third kappa shape index (κ3) is 5.24. The molecule has 0 aromatic carbocycles. The summed E-state index contributed by atoms with van der Waals surface area (Å²) in [7, 11) is 0. The lowest BCUT2D eigenvalue weighted by molar-refractivity contribution is -0.385. The van der Waals surface area contributed by atoms with Crippen molar-refractivity contribution in [2.45, 2.75) is 40.5 Å². The Balaban J connectivity index is 2.77. The molecule has 0 amide bonds. The lowest BCUT2D eigenvalue weighted by Gasteiger charge is -2.27. The van der Waals surface area contributed by atoms with Crippen LogP contribution < -0.4 is 4.90 Å². The van der Waals surface area contributed by atoms with Crippen molar-refractivity contribution in [2.75, 3.05) is 18.0 Å². The Labute approximate surface area is 114 Å². The Bertz CT molecular complexity index is 410. The summed E-state index contributed by atoms with van der Waals surface area (Å²) in [5.74, 6) is 0.816. The first-order valence-corrected chi connectivity index (χ1v) is 6.69. The van der Waals surface area contributed by atoms with Gasteiger partial charge in [-0.3, -0.25) is 10.1 Å². The summed E-state index contributed by atoms with van der Waals surface area (Å²) in [6.07, 6.45) is 3.42. The first kappa shape index (κ1) is 15.4. The molecule has 1 rings (SSSR count). The van der Waals surface area contributed by atoms with Gasteiger partial charge in [-0.1, -0.05) is 27.7 Å². The van der Waals surface area contributed by atoms with E-state index in [4.69, 9.17) is 0 Å². The van der Waals surface area contributed by atoms with Crippen molar-refractivity contribution in [1.29, 1.82) is 0 Å². The predicted molar refractivity (Wildman–Crippen MR) is 77.5 cm³/mol. The number of rotatable bonds is 6. The standard InChI is InChI=1S/C14H23N3O2/c1-5-9-16(10-8-14(2,3)4)13-7-6-12(11-15-13)17(18)19/h6-7,11H,5,8-10H2,1-4H3. The molecule has 0 unspecified atom stereocenters. The Kier molecular flexibility index (Phi) is 5.27. The fourth-order valence-corrected chi connectivity index (χ4v) is 1.75. The van der Waals surface area contributed by atoms with Crippen LogP contribution in [0.5, 0.6) is 0 Å². The molecule has 0 saturated heterocycles. The second-order valence-electron chi connectivity index (χ2n) is 5.93. The normalized spacial score (nSPS) is 11.4. The molecule has 0 radical (unpaired) electrons. The smallest absolute Gasteiger partial charge is 0.287 e. The zero-order valence-electron chi connectivity index (χ0n) is 12.2. The highest BCUT2D eigenvalue weighted by Gasteiger charge is 2.15. The molecule has 106 valence electrons. The van der Waals surface area contributed by atoms with Gasteiger partial charge in [-0.25, -0.2) is 4.98 Å². The Hall–Kier alpha value is -1.65. The number of anilines is 1. The van der Waals surface area contributed by atoms with E-state index in [1.54, 1.807) is 6.07 Å². The molecule has 5 heteroatoms. The van der Waals surface area contributed by atoms with Gasteiger partial charge in [0.05, 0.1) is 4.92 Å². The molecule has 0 bridgehead atoms. The van der Waals surface area contributed by atoms with E-state index in [9.17, 15) is 10.1 Å². The number of hydrogen-bond acceptors (Lipinski definition) is 4. The first-order chi connectivity index (χ1) is 8.83. The fraction of sp³-hybridized carbons (Fsp3) is 0.643. The molecule has 0 atom stereocenters. The molecule has 0 fully saturated rings. The molecule has 1 aromatic heterocycles. The van der Waals surface area contributed by atoms with E-state index in [0.29, 0.717) is 0 Å². The van der Waals surface area contributed by atoms with Gasteiger partial charge in [0.1, 0.15) is 12.0 Å². The predicted octanol–water partition coefficient (Wildman–Crippen LogP) is 3.64. The molecule has 1 heterocycles. The Morgan fingerprint density at radius 3 is 2.42 bits per heavy atom. The van der Waals surface area contributed by atoms with Crippen LogP contribution in [0.4, 0.5) is 11.5 Å². The maximum Gasteiger partial charge on any atom is 0.287 e. The second-order valence-corrected chi connectivity index (χ2v) is 5.93. The summed E-state index contributed by atoms with van der Waals surface area (Å²) in [6.45, 7) is 10.6. The number of nitro groups is 1. The van der Waals surface area contributed by atoms with Crippen LogP contribution in [0.15, 0.2) is 18.3 Å². The Morgan fingerprint density at radius 2 is 2.00 bits per heavy atom. The van der Waals surface area contributed by atoms with Crippen molar-refractivity contribution < 1.29 is 4.92 Å². The van der Waals surface area contributed by atoms with Crippen LogP contribution in [-0.4, -0.2) is 23.0 Å². The Morgan fingerprint density at radius 1 is 1.32 bits per heavy atom. The molecule has 0 aliphatic heterocycles. The average molecular weight is 265 g/mol. The molecule has 1 aromatic rings. The summed E-state index contributed by atoms with van der Waals surface area (Å²) in [5.41, 5.74) is 0.309. The molecule has 0 aliphatic carbocycles. The number of hydrogen-bond donors (Lipinski definition) is 0. The van der Waals surface area contributed by atoms with Crippen LogP contribution in [0.1, 0.15) is 40.5 Å². The van der Waals surface area contributed by atoms with Gasteiger partial charge in [0.2, 0.25) is 0 Å². The summed E-state index contributed by atoms with van der Waals surface area (Å²) in [4.78, 5) is 16.6. The molecule has 0 aliphatic rings. The van der Waals surface area contributed by atoms with Crippen LogP contribution >= 0.6 is 0 Å². The quantitative estimate of drug-likeness (QED) is 0.582. The van der Waals surface area contributed by atoms with Crippen LogP contribution in [0.25, 0.3) is 0 Å². The van der Waals surface area contributed by atoms with Crippen molar-refractivity contribution >= 4 is 11.5 Å². The summed E-state index contributed by atoms with van der Waals surface area (Å²) in [5, 5.41) is 10.6. The van der Waals surface area contributed by atoms with Crippen molar-refractivity contribution in [1.82, 2.24) is 4.98 Å². The molecule has 0 spiro atoms. The van der Waals surface area contributed by atoms with E-state index in [1.807, 2.05) is 0 Å². The monoisotopic (exact) mass is 265 g/mol. The minimum absolute atomic E-state index is 0.0380. The number of aromatic nitrogens is 1. The van der Waals surface area contributed by atoms with Crippen molar-refractivity contribution in [3.63, 3.8) is 0 Å². The molecule has 5 nitrogen and oxygen atoms in total. The van der Waals surface area contributed by atoms with Crippen molar-refractivity contribution in [2.24, 2.45) is 5.41 Å². The lowest BCUT2D eigenvalue weighted by atomic mass is 9.92. The molecule has 0 N–H and O–H groups in total. The third-order valence-corrected chi connectivity index (χ3v) is 2.89. The largest absolute Gasteiger partial charge is 0.357 e. The highest BCUT2D eigenvalue weighted by molar-refractivity contribution is 5.42. The third-order valence-electron chi connectivity index (χ3n) is 2.89. The van der Waals surface area contributed by atoms with E-state index >= 15 is 0 Å². The average Bonchev–Trinajstić information content (AvgIpc) is 2.33. The van der Waals surface area contributed by atoms with Gasteiger partial charge in [-0.15, -0.1) is 0 Å². The highest BCUT2D eigenvalue weighted by Crippen LogP contribution is 2.22. The van der Waals surface area contributed by atoms with Gasteiger partial charge < -0.3 is 4.90 Å². The van der Waals surface area contributed by atoms with Crippen LogP contribution in [0.2, 0.25) is 0 Å². The zero-order chi connectivity index (χ0) is 14.5. The van der Waals surface area contributed by atoms with Gasteiger partial charge in [0.15, 0.2) is 0 Å². The first-order valence-electron chi connectivity index (χ1n) is 6.69. The van der Waals surface area contributed by atoms with Crippen molar-refractivity contribution in [3.8, 4) is 0 Å². The van der Waals surface area contributed by atoms with Crippen LogP contribution in [-0.2, 0) is 0 Å². The topological polar surface area (TPSA) is 59.3 Å². The summed E-state index contributed by atoms with van der Waals surface area (Å²) >= 11 is 0. The lowest BCUT2D eigenvalue weighted by Crippen LogP contribution is -2.28. The van der Waals surface area contributed by atoms with E-state index in [1.165, 1.54) is 12.3 Å². The number of pyridine rings is 1. The number of nitrogens with zero attached hydrogens (tertiary/aromatic N) is 3. The van der Waals surface area contributed by atoms with E-state index < -0.39 is 4.92 Å². The fourth-order valence-electron chi connectivity index (χ4n) is 1.75. The van der Waals surface area contributed by atoms with Gasteiger partial charge in [0.25, 0.3) is 5.69 Å². The van der Waals surface area contributed by atoms with E-state index in [2.05, 4.69) is 37.6 Å². The van der Waals surface area contributed by atoms with E-state index in [-0.39, 0.29) is 11.1 Å². The molecule has 19 heavy (non-hydrogen) atoms. The SMILES string of the molecule is CCCN(CCC(C)(C)C)c1ccc([N+](=O)[O-])cn1. The second kappa shape index (κ2) is 6.50. The van der Waals surface area contributed by atoms with Gasteiger partial charge in [-0.2, -0.15) is 0 Å². The maximum atomic E-state index is 10.6. The van der Waals surface area contributed by atoms with Gasteiger partial charge >= 0.3 is 0 Å². The van der Waals surface area contributed by atoms with E-state index in [0.717, 1.165) is 31.7 Å². The van der Waals surface area contributed by atoms with Gasteiger partial charge in [0, 0.05) is 19.2 Å². The van der Waals surface area contributed by atoms with Crippen LogP contribution in [0, 0.1) is 15.5 Å². The van der Waals surface area contributed by atoms with Crippen LogP contribution in [0.3, 0.4) is 0 Å². The maximum absolute atomic E-state index is 10.6. The minimum Gasteiger partial charge on any atom is -0.357 e. The van der Waals surface area contributed by atoms with Crippen molar-refractivity contribution in [3.05, 3.63) is 28.4 Å². The molecular formula is C14H23N3O2. The summed E-state index contributed by atoms with van der Waals surface area (Å²) < 4.78 is 0. The zero-order valence-corrected chi connectivity index (χ0v) is 12.2. The molecule has 0 saturated carbocycles. The highest BCUT2D eigenvalue weighted by atomic mass is 16.6. The van der Waals surface area contributed by atoms with Gasteiger partial charge in [-0.05, 0) is 24.3 Å².